The molecule has 0 spiro atoms. The minimum absolute atomic E-state index is 0.0766. The molecule has 16 heavy (non-hydrogen) atoms. The molecule has 2 rings (SSSR count). The summed E-state index contributed by atoms with van der Waals surface area (Å²) < 4.78 is 5.04. The van der Waals surface area contributed by atoms with Crippen LogP contribution in [-0.2, 0) is 0 Å². The Hall–Kier alpha value is -1.82. The van der Waals surface area contributed by atoms with Crippen molar-refractivity contribution in [2.24, 2.45) is 0 Å². The third-order valence-corrected chi connectivity index (χ3v) is 2.54. The monoisotopic (exact) mass is 223 g/mol. The maximum absolute atomic E-state index is 10.8. The highest BCUT2D eigenvalue weighted by Gasteiger charge is 2.21. The lowest BCUT2D eigenvalue weighted by Crippen LogP contribution is -2.51. The average Bonchev–Trinajstić information content (AvgIpc) is 2.22. The highest BCUT2D eigenvalue weighted by atomic mass is 16.6. The Labute approximate surface area is 92.8 Å². The van der Waals surface area contributed by atoms with Crippen LogP contribution in [0, 0.1) is 10.1 Å². The second kappa shape index (κ2) is 4.36. The number of nitro groups is 1. The van der Waals surface area contributed by atoms with E-state index in [9.17, 15) is 10.1 Å². The maximum Gasteiger partial charge on any atom is 0.292 e. The van der Waals surface area contributed by atoms with E-state index in [1.807, 2.05) is 0 Å². The van der Waals surface area contributed by atoms with Gasteiger partial charge in [0.1, 0.15) is 11.4 Å². The van der Waals surface area contributed by atoms with Crippen LogP contribution < -0.4 is 15.4 Å². The first-order valence-electron chi connectivity index (χ1n) is 5.00. The minimum atomic E-state index is -0.395. The number of methoxy groups -OCH3 is 1. The first-order valence-corrected chi connectivity index (χ1v) is 5.00. The van der Waals surface area contributed by atoms with Gasteiger partial charge >= 0.3 is 0 Å². The van der Waals surface area contributed by atoms with Crippen LogP contribution in [0.1, 0.15) is 0 Å². The van der Waals surface area contributed by atoms with Crippen LogP contribution in [-0.4, -0.2) is 31.2 Å². The molecule has 2 N–H and O–H groups in total. The second-order valence-electron chi connectivity index (χ2n) is 3.64. The van der Waals surface area contributed by atoms with Crippen LogP contribution in [0.25, 0.3) is 0 Å². The highest BCUT2D eigenvalue weighted by Crippen LogP contribution is 2.29. The Kier molecular flexibility index (Phi) is 2.91. The SMILES string of the molecule is COc1ccc([N+](=O)[O-])c(NC2CNC2)c1. The lowest BCUT2D eigenvalue weighted by Gasteiger charge is -2.28. The molecular weight excluding hydrogens is 210 g/mol. The Morgan fingerprint density at radius 3 is 2.81 bits per heavy atom. The molecule has 1 fully saturated rings. The largest absolute Gasteiger partial charge is 0.497 e. The van der Waals surface area contributed by atoms with E-state index in [1.165, 1.54) is 13.2 Å². The predicted octanol–water partition coefficient (Wildman–Crippen LogP) is 0.987. The summed E-state index contributed by atoms with van der Waals surface area (Å²) in [5.41, 5.74) is 0.587. The van der Waals surface area contributed by atoms with E-state index in [0.29, 0.717) is 11.4 Å². The van der Waals surface area contributed by atoms with Crippen LogP contribution >= 0.6 is 0 Å². The lowest BCUT2D eigenvalue weighted by atomic mass is 10.1. The van der Waals surface area contributed by atoms with Gasteiger partial charge in [-0.25, -0.2) is 0 Å². The van der Waals surface area contributed by atoms with Crippen LogP contribution in [0.4, 0.5) is 11.4 Å². The highest BCUT2D eigenvalue weighted by molar-refractivity contribution is 5.64. The zero-order valence-electron chi connectivity index (χ0n) is 8.90. The smallest absolute Gasteiger partial charge is 0.292 e. The van der Waals surface area contributed by atoms with Crippen molar-refractivity contribution in [1.82, 2.24) is 5.32 Å². The molecule has 0 bridgehead atoms. The maximum atomic E-state index is 10.8. The molecule has 1 heterocycles. The molecule has 86 valence electrons. The molecule has 1 aromatic carbocycles. The standard InChI is InChI=1S/C10H13N3O3/c1-16-8-2-3-10(13(14)15)9(4-8)12-7-5-11-6-7/h2-4,7,11-12H,5-6H2,1H3. The Bertz CT molecular complexity index is 404. The van der Waals surface area contributed by atoms with Crippen molar-refractivity contribution in [3.8, 4) is 5.75 Å². The molecule has 1 aliphatic rings. The van der Waals surface area contributed by atoms with E-state index in [2.05, 4.69) is 10.6 Å². The molecule has 1 aliphatic heterocycles. The number of hydrogen-bond donors (Lipinski definition) is 2. The number of nitro benzene ring substituents is 1. The van der Waals surface area contributed by atoms with Crippen molar-refractivity contribution in [3.05, 3.63) is 28.3 Å². The fraction of sp³-hybridized carbons (Fsp3) is 0.400. The number of anilines is 1. The first kappa shape index (κ1) is 10.7. The molecule has 1 aromatic rings. The number of ether oxygens (including phenoxy) is 1. The van der Waals surface area contributed by atoms with E-state index >= 15 is 0 Å². The summed E-state index contributed by atoms with van der Waals surface area (Å²) in [6.45, 7) is 1.66. The normalized spacial score (nSPS) is 15.3. The molecular formula is C10H13N3O3. The number of hydrogen-bond acceptors (Lipinski definition) is 5. The van der Waals surface area contributed by atoms with Crippen molar-refractivity contribution in [2.45, 2.75) is 6.04 Å². The van der Waals surface area contributed by atoms with Gasteiger partial charge in [-0.05, 0) is 6.07 Å². The molecule has 0 saturated carbocycles. The third-order valence-electron chi connectivity index (χ3n) is 2.54. The summed E-state index contributed by atoms with van der Waals surface area (Å²) in [5.74, 6) is 0.611. The molecule has 0 aliphatic carbocycles. The average molecular weight is 223 g/mol. The summed E-state index contributed by atoms with van der Waals surface area (Å²) in [6.07, 6.45) is 0. The Morgan fingerprint density at radius 1 is 1.56 bits per heavy atom. The summed E-state index contributed by atoms with van der Waals surface area (Å²) >= 11 is 0. The van der Waals surface area contributed by atoms with Gasteiger partial charge in [-0.15, -0.1) is 0 Å². The number of rotatable bonds is 4. The molecule has 1 saturated heterocycles. The molecule has 0 atom stereocenters. The predicted molar refractivity (Wildman–Crippen MR) is 59.9 cm³/mol. The van der Waals surface area contributed by atoms with Crippen LogP contribution in [0.5, 0.6) is 5.75 Å². The zero-order chi connectivity index (χ0) is 11.5. The lowest BCUT2D eigenvalue weighted by molar-refractivity contribution is -0.384. The van der Waals surface area contributed by atoms with E-state index in [4.69, 9.17) is 4.74 Å². The number of nitrogens with one attached hydrogen (secondary N) is 2. The number of benzene rings is 1. The zero-order valence-corrected chi connectivity index (χ0v) is 8.90. The van der Waals surface area contributed by atoms with E-state index in [-0.39, 0.29) is 11.7 Å². The van der Waals surface area contributed by atoms with Gasteiger partial charge in [0.05, 0.1) is 18.1 Å². The fourth-order valence-corrected chi connectivity index (χ4v) is 1.53. The van der Waals surface area contributed by atoms with Crippen molar-refractivity contribution in [1.29, 1.82) is 0 Å². The van der Waals surface area contributed by atoms with Crippen LogP contribution in [0.2, 0.25) is 0 Å². The molecule has 0 unspecified atom stereocenters. The minimum Gasteiger partial charge on any atom is -0.497 e. The summed E-state index contributed by atoms with van der Waals surface area (Å²) in [7, 11) is 1.54. The fourth-order valence-electron chi connectivity index (χ4n) is 1.53. The molecule has 6 nitrogen and oxygen atoms in total. The van der Waals surface area contributed by atoms with E-state index in [0.717, 1.165) is 13.1 Å². The molecule has 6 heteroatoms. The quantitative estimate of drug-likeness (QED) is 0.588. The molecule has 0 aromatic heterocycles. The van der Waals surface area contributed by atoms with Crippen molar-refractivity contribution in [2.75, 3.05) is 25.5 Å². The van der Waals surface area contributed by atoms with Gasteiger partial charge < -0.3 is 15.4 Å². The summed E-state index contributed by atoms with van der Waals surface area (Å²) in [4.78, 5) is 10.4. The first-order chi connectivity index (χ1) is 7.70. The summed E-state index contributed by atoms with van der Waals surface area (Å²) in [5, 5.41) is 17.0. The van der Waals surface area contributed by atoms with Gasteiger partial charge in [-0.1, -0.05) is 0 Å². The van der Waals surface area contributed by atoms with Gasteiger partial charge in [0.2, 0.25) is 0 Å². The van der Waals surface area contributed by atoms with Crippen LogP contribution in [0.15, 0.2) is 18.2 Å². The number of nitrogens with zero attached hydrogens (tertiary/aromatic N) is 1. The molecule has 0 amide bonds. The van der Waals surface area contributed by atoms with E-state index < -0.39 is 4.92 Å². The van der Waals surface area contributed by atoms with Gasteiger partial charge in [0.25, 0.3) is 5.69 Å². The Morgan fingerprint density at radius 2 is 2.31 bits per heavy atom. The van der Waals surface area contributed by atoms with Crippen molar-refractivity contribution < 1.29 is 9.66 Å². The Balaban J connectivity index is 2.25. The van der Waals surface area contributed by atoms with Gasteiger partial charge in [-0.2, -0.15) is 0 Å². The van der Waals surface area contributed by atoms with E-state index in [1.54, 1.807) is 12.1 Å². The summed E-state index contributed by atoms with van der Waals surface area (Å²) in [6, 6.07) is 4.94. The van der Waals surface area contributed by atoms with Crippen molar-refractivity contribution >= 4 is 11.4 Å². The van der Waals surface area contributed by atoms with Gasteiger partial charge in [-0.3, -0.25) is 10.1 Å². The van der Waals surface area contributed by atoms with Crippen LogP contribution in [0.3, 0.4) is 0 Å². The second-order valence-corrected chi connectivity index (χ2v) is 3.64. The van der Waals surface area contributed by atoms with Gasteiger partial charge in [0, 0.05) is 25.2 Å². The third kappa shape index (κ3) is 2.06. The van der Waals surface area contributed by atoms with Crippen molar-refractivity contribution in [3.63, 3.8) is 0 Å². The van der Waals surface area contributed by atoms with Gasteiger partial charge in [0.15, 0.2) is 0 Å². The molecule has 0 radical (unpaired) electrons. The topological polar surface area (TPSA) is 76.4 Å².